The minimum Gasteiger partial charge on any atom is -0.312 e. The van der Waals surface area contributed by atoms with Gasteiger partial charge in [0, 0.05) is 6.04 Å². The Morgan fingerprint density at radius 2 is 2.55 bits per heavy atom. The van der Waals surface area contributed by atoms with Crippen LogP contribution < -0.4 is 5.90 Å². The molecule has 1 fully saturated rings. The fraction of sp³-hybridized carbons (Fsp3) is 0.667. The van der Waals surface area contributed by atoms with Gasteiger partial charge < -0.3 is 4.57 Å². The molecule has 0 radical (unpaired) electrons. The summed E-state index contributed by atoms with van der Waals surface area (Å²) in [7, 11) is 0. The van der Waals surface area contributed by atoms with E-state index in [-0.39, 0.29) is 0 Å². The summed E-state index contributed by atoms with van der Waals surface area (Å²) in [6.07, 6.45) is 4.16. The van der Waals surface area contributed by atoms with Crippen LogP contribution in [-0.4, -0.2) is 14.8 Å². The smallest absolute Gasteiger partial charge is 0.161 e. The summed E-state index contributed by atoms with van der Waals surface area (Å²) >= 11 is 0. The van der Waals surface area contributed by atoms with Crippen molar-refractivity contribution in [1.29, 1.82) is 0 Å². The largest absolute Gasteiger partial charge is 0.312 e. The lowest BCUT2D eigenvalue weighted by Gasteiger charge is -2.01. The number of rotatable bonds is 3. The van der Waals surface area contributed by atoms with E-state index in [1.807, 2.05) is 4.57 Å². The highest BCUT2D eigenvalue weighted by Gasteiger charge is 2.25. The molecule has 0 saturated heterocycles. The molecule has 0 unspecified atom stereocenters. The van der Waals surface area contributed by atoms with E-state index in [9.17, 15) is 0 Å². The average molecular weight is 154 g/mol. The van der Waals surface area contributed by atoms with Gasteiger partial charge in [0.1, 0.15) is 12.9 Å². The first-order chi connectivity index (χ1) is 5.42. The number of nitrogens with two attached hydrogens (primary N) is 1. The molecule has 60 valence electrons. The summed E-state index contributed by atoms with van der Waals surface area (Å²) in [5.74, 6) is 5.74. The van der Waals surface area contributed by atoms with E-state index in [0.717, 1.165) is 5.82 Å². The highest BCUT2D eigenvalue weighted by molar-refractivity contribution is 4.92. The third-order valence-corrected chi connectivity index (χ3v) is 1.80. The number of nitrogens with zero attached hydrogens (tertiary/aromatic N) is 3. The van der Waals surface area contributed by atoms with Crippen LogP contribution in [0.1, 0.15) is 24.7 Å². The molecule has 0 aliphatic heterocycles. The van der Waals surface area contributed by atoms with Crippen LogP contribution in [0.3, 0.4) is 0 Å². The van der Waals surface area contributed by atoms with Gasteiger partial charge in [-0.25, -0.2) is 5.90 Å². The van der Waals surface area contributed by atoms with Crippen LogP contribution >= 0.6 is 0 Å². The molecule has 1 aliphatic rings. The first kappa shape index (κ1) is 6.75. The zero-order valence-corrected chi connectivity index (χ0v) is 6.10. The Balaban J connectivity index is 2.16. The summed E-state index contributed by atoms with van der Waals surface area (Å²) in [5, 5.41) is 7.65. The Morgan fingerprint density at radius 1 is 1.73 bits per heavy atom. The fourth-order valence-electron chi connectivity index (χ4n) is 1.10. The van der Waals surface area contributed by atoms with E-state index >= 15 is 0 Å². The monoisotopic (exact) mass is 154 g/mol. The van der Waals surface area contributed by atoms with Crippen LogP contribution in [0.2, 0.25) is 0 Å². The molecule has 1 aromatic heterocycles. The third-order valence-electron chi connectivity index (χ3n) is 1.80. The SMILES string of the molecule is NOCc1nncn1C1CC1. The highest BCUT2D eigenvalue weighted by Crippen LogP contribution is 2.35. The number of hydrogen-bond acceptors (Lipinski definition) is 4. The lowest BCUT2D eigenvalue weighted by Crippen LogP contribution is -2.06. The lowest BCUT2D eigenvalue weighted by atomic mass is 10.6. The topological polar surface area (TPSA) is 66.0 Å². The van der Waals surface area contributed by atoms with E-state index in [4.69, 9.17) is 5.90 Å². The molecule has 11 heavy (non-hydrogen) atoms. The molecule has 0 aromatic carbocycles. The summed E-state index contributed by atoms with van der Waals surface area (Å²) in [6, 6.07) is 0.593. The molecule has 5 heteroatoms. The van der Waals surface area contributed by atoms with Gasteiger partial charge in [-0.3, -0.25) is 4.84 Å². The Morgan fingerprint density at radius 3 is 3.18 bits per heavy atom. The predicted octanol–water partition coefficient (Wildman–Crippen LogP) is 0.00330. The van der Waals surface area contributed by atoms with Crippen molar-refractivity contribution >= 4 is 0 Å². The summed E-state index contributed by atoms with van der Waals surface area (Å²) in [6.45, 7) is 0.344. The van der Waals surface area contributed by atoms with Gasteiger partial charge in [-0.15, -0.1) is 10.2 Å². The molecule has 2 rings (SSSR count). The molecule has 1 saturated carbocycles. The zero-order chi connectivity index (χ0) is 7.68. The maximum Gasteiger partial charge on any atom is 0.161 e. The standard InChI is InChI=1S/C6H10N4O/c7-11-3-6-9-8-4-10(6)5-1-2-5/h4-5H,1-3,7H2. The van der Waals surface area contributed by atoms with E-state index in [2.05, 4.69) is 15.0 Å². The van der Waals surface area contributed by atoms with Gasteiger partial charge in [0.25, 0.3) is 0 Å². The molecular formula is C6H10N4O. The Labute approximate surface area is 64.1 Å². The van der Waals surface area contributed by atoms with Crippen molar-refractivity contribution in [1.82, 2.24) is 14.8 Å². The van der Waals surface area contributed by atoms with Crippen LogP contribution in [0.4, 0.5) is 0 Å². The zero-order valence-electron chi connectivity index (χ0n) is 6.10. The van der Waals surface area contributed by atoms with Crippen LogP contribution in [0.25, 0.3) is 0 Å². The summed E-state index contributed by atoms with van der Waals surface area (Å²) in [5.41, 5.74) is 0. The molecule has 0 amide bonds. The average Bonchev–Trinajstić information content (AvgIpc) is 2.75. The van der Waals surface area contributed by atoms with Crippen molar-refractivity contribution in [3.63, 3.8) is 0 Å². The highest BCUT2D eigenvalue weighted by atomic mass is 16.6. The first-order valence-electron chi connectivity index (χ1n) is 3.62. The van der Waals surface area contributed by atoms with E-state index < -0.39 is 0 Å². The van der Waals surface area contributed by atoms with Crippen molar-refractivity contribution in [3.05, 3.63) is 12.2 Å². The van der Waals surface area contributed by atoms with Crippen LogP contribution in [0.15, 0.2) is 6.33 Å². The van der Waals surface area contributed by atoms with Gasteiger partial charge >= 0.3 is 0 Å². The fourth-order valence-corrected chi connectivity index (χ4v) is 1.10. The van der Waals surface area contributed by atoms with Gasteiger partial charge in [-0.2, -0.15) is 0 Å². The minimum absolute atomic E-state index is 0.344. The van der Waals surface area contributed by atoms with Crippen LogP contribution in [0, 0.1) is 0 Å². The molecular weight excluding hydrogens is 144 g/mol. The Kier molecular flexibility index (Phi) is 1.59. The molecule has 5 nitrogen and oxygen atoms in total. The lowest BCUT2D eigenvalue weighted by molar-refractivity contribution is 0.115. The third kappa shape index (κ3) is 1.24. The number of aromatic nitrogens is 3. The molecule has 1 heterocycles. The van der Waals surface area contributed by atoms with Crippen molar-refractivity contribution in [2.45, 2.75) is 25.5 Å². The van der Waals surface area contributed by atoms with Crippen molar-refractivity contribution in [2.24, 2.45) is 5.90 Å². The summed E-state index contributed by atoms with van der Waals surface area (Å²) in [4.78, 5) is 4.48. The second kappa shape index (κ2) is 2.60. The second-order valence-electron chi connectivity index (χ2n) is 2.70. The normalized spacial score (nSPS) is 17.2. The summed E-state index contributed by atoms with van der Waals surface area (Å²) < 4.78 is 2.02. The van der Waals surface area contributed by atoms with Crippen molar-refractivity contribution < 1.29 is 4.84 Å². The van der Waals surface area contributed by atoms with E-state index in [1.165, 1.54) is 12.8 Å². The number of hydrogen-bond donors (Lipinski definition) is 1. The molecule has 2 N–H and O–H groups in total. The van der Waals surface area contributed by atoms with E-state index in [1.54, 1.807) is 6.33 Å². The van der Waals surface area contributed by atoms with Crippen LogP contribution in [-0.2, 0) is 11.4 Å². The minimum atomic E-state index is 0.344. The molecule has 0 bridgehead atoms. The molecule has 1 aliphatic carbocycles. The van der Waals surface area contributed by atoms with Crippen molar-refractivity contribution in [2.75, 3.05) is 0 Å². The van der Waals surface area contributed by atoms with Gasteiger partial charge in [0.05, 0.1) is 0 Å². The first-order valence-corrected chi connectivity index (χ1v) is 3.62. The van der Waals surface area contributed by atoms with Gasteiger partial charge in [0.2, 0.25) is 0 Å². The molecule has 1 aromatic rings. The second-order valence-corrected chi connectivity index (χ2v) is 2.70. The maximum atomic E-state index is 4.93. The Hall–Kier alpha value is -0.940. The Bertz CT molecular complexity index is 242. The van der Waals surface area contributed by atoms with Gasteiger partial charge in [-0.05, 0) is 12.8 Å². The van der Waals surface area contributed by atoms with Crippen LogP contribution in [0.5, 0.6) is 0 Å². The maximum absolute atomic E-state index is 4.93. The van der Waals surface area contributed by atoms with Gasteiger partial charge in [0.15, 0.2) is 5.82 Å². The quantitative estimate of drug-likeness (QED) is 0.622. The molecule has 0 spiro atoms. The van der Waals surface area contributed by atoms with E-state index in [0.29, 0.717) is 12.6 Å². The van der Waals surface area contributed by atoms with Gasteiger partial charge in [-0.1, -0.05) is 0 Å². The molecule has 0 atom stereocenters. The predicted molar refractivity (Wildman–Crippen MR) is 37.3 cm³/mol. The van der Waals surface area contributed by atoms with Crippen molar-refractivity contribution in [3.8, 4) is 0 Å².